The molecule has 1 aromatic carbocycles. The highest BCUT2D eigenvalue weighted by atomic mass is 16.2. The van der Waals surface area contributed by atoms with Crippen LogP contribution >= 0.6 is 0 Å². The zero-order valence-corrected chi connectivity index (χ0v) is 14.8. The molecule has 0 aliphatic carbocycles. The largest absolute Gasteiger partial charge is 0.354 e. The van der Waals surface area contributed by atoms with Crippen LogP contribution < -0.4 is 10.6 Å². The lowest BCUT2D eigenvalue weighted by atomic mass is 10.0. The first-order valence-electron chi connectivity index (χ1n) is 8.11. The lowest BCUT2D eigenvalue weighted by Crippen LogP contribution is -2.50. The van der Waals surface area contributed by atoms with Gasteiger partial charge in [-0.15, -0.1) is 0 Å². The molecule has 128 valence electrons. The van der Waals surface area contributed by atoms with E-state index in [1.54, 1.807) is 12.1 Å². The van der Waals surface area contributed by atoms with Gasteiger partial charge in [-0.25, -0.2) is 0 Å². The smallest absolute Gasteiger partial charge is 0.251 e. The molecule has 5 heteroatoms. The highest BCUT2D eigenvalue weighted by Gasteiger charge is 2.24. The van der Waals surface area contributed by atoms with E-state index in [-0.39, 0.29) is 17.7 Å². The number of hydrogen-bond donors (Lipinski definition) is 2. The monoisotopic (exact) mass is 319 g/mol. The van der Waals surface area contributed by atoms with E-state index < -0.39 is 6.04 Å². The Balaban J connectivity index is 2.58. The number of carbonyl (C=O) groups excluding carboxylic acids is 2. The van der Waals surface area contributed by atoms with Gasteiger partial charge in [-0.1, -0.05) is 31.5 Å². The predicted octanol–water partition coefficient (Wildman–Crippen LogP) is 1.82. The minimum absolute atomic E-state index is 0.0262. The van der Waals surface area contributed by atoms with Crippen molar-refractivity contribution in [1.29, 1.82) is 0 Å². The molecule has 23 heavy (non-hydrogen) atoms. The Morgan fingerprint density at radius 1 is 1.13 bits per heavy atom. The molecule has 0 heterocycles. The van der Waals surface area contributed by atoms with Crippen LogP contribution in [0.3, 0.4) is 0 Å². The van der Waals surface area contributed by atoms with Gasteiger partial charge in [-0.2, -0.15) is 0 Å². The lowest BCUT2D eigenvalue weighted by molar-refractivity contribution is -0.123. The Morgan fingerprint density at radius 2 is 1.74 bits per heavy atom. The predicted molar refractivity (Wildman–Crippen MR) is 93.5 cm³/mol. The summed E-state index contributed by atoms with van der Waals surface area (Å²) in [5.74, 6) is -0.315. The van der Waals surface area contributed by atoms with Gasteiger partial charge in [0.1, 0.15) is 6.04 Å². The molecule has 1 aromatic rings. The Labute approximate surface area is 139 Å². The van der Waals surface area contributed by atoms with Crippen molar-refractivity contribution in [2.45, 2.75) is 33.2 Å². The first-order valence-corrected chi connectivity index (χ1v) is 8.11. The molecular formula is C18H29N3O2. The van der Waals surface area contributed by atoms with Gasteiger partial charge >= 0.3 is 0 Å². The van der Waals surface area contributed by atoms with E-state index in [0.717, 1.165) is 18.5 Å². The molecule has 1 rings (SSSR count). The van der Waals surface area contributed by atoms with Gasteiger partial charge in [-0.05, 0) is 52.0 Å². The number of carbonyl (C=O) groups is 2. The summed E-state index contributed by atoms with van der Waals surface area (Å²) in [4.78, 5) is 26.7. The first-order chi connectivity index (χ1) is 10.8. The van der Waals surface area contributed by atoms with Crippen molar-refractivity contribution in [2.24, 2.45) is 5.92 Å². The maximum absolute atomic E-state index is 12.3. The maximum atomic E-state index is 12.3. The zero-order chi connectivity index (χ0) is 17.4. The summed E-state index contributed by atoms with van der Waals surface area (Å²) in [5, 5.41) is 5.75. The molecule has 0 spiro atoms. The van der Waals surface area contributed by atoms with Crippen LogP contribution in [0, 0.1) is 12.8 Å². The van der Waals surface area contributed by atoms with E-state index in [9.17, 15) is 9.59 Å². The third kappa shape index (κ3) is 6.82. The quantitative estimate of drug-likeness (QED) is 0.719. The third-order valence-electron chi connectivity index (χ3n) is 3.63. The van der Waals surface area contributed by atoms with E-state index in [1.165, 1.54) is 0 Å². The zero-order valence-electron chi connectivity index (χ0n) is 14.8. The molecule has 0 radical (unpaired) electrons. The normalized spacial score (nSPS) is 12.3. The van der Waals surface area contributed by atoms with Crippen molar-refractivity contribution in [3.63, 3.8) is 0 Å². The molecular weight excluding hydrogens is 290 g/mol. The fourth-order valence-corrected chi connectivity index (χ4v) is 2.18. The van der Waals surface area contributed by atoms with E-state index in [0.29, 0.717) is 12.1 Å². The molecule has 0 aromatic heterocycles. The van der Waals surface area contributed by atoms with Crippen LogP contribution in [0.2, 0.25) is 0 Å². The molecule has 0 saturated carbocycles. The Bertz CT molecular complexity index is 510. The number of nitrogens with zero attached hydrogens (tertiary/aromatic N) is 1. The van der Waals surface area contributed by atoms with Crippen molar-refractivity contribution in [2.75, 3.05) is 27.2 Å². The SMILES string of the molecule is Cc1ccc(C(=O)NC(C(=O)NCCCN(C)C)C(C)C)cc1. The van der Waals surface area contributed by atoms with Gasteiger partial charge in [0.25, 0.3) is 5.91 Å². The second-order valence-electron chi connectivity index (χ2n) is 6.51. The van der Waals surface area contributed by atoms with E-state index >= 15 is 0 Å². The fourth-order valence-electron chi connectivity index (χ4n) is 2.18. The van der Waals surface area contributed by atoms with Crippen LogP contribution in [0.1, 0.15) is 36.2 Å². The first kappa shape index (κ1) is 19.2. The molecule has 1 unspecified atom stereocenters. The van der Waals surface area contributed by atoms with Crippen LogP contribution in [0.5, 0.6) is 0 Å². The number of rotatable bonds is 8. The van der Waals surface area contributed by atoms with Gasteiger partial charge in [0.05, 0.1) is 0 Å². The van der Waals surface area contributed by atoms with Crippen LogP contribution in [0.25, 0.3) is 0 Å². The molecule has 1 atom stereocenters. The summed E-state index contributed by atoms with van der Waals surface area (Å²) in [5.41, 5.74) is 1.67. The second-order valence-corrected chi connectivity index (χ2v) is 6.51. The fraction of sp³-hybridized carbons (Fsp3) is 0.556. The molecule has 0 bridgehead atoms. The number of aryl methyl sites for hydroxylation is 1. The second kappa shape index (κ2) is 9.30. The van der Waals surface area contributed by atoms with Crippen LogP contribution in [0.15, 0.2) is 24.3 Å². The van der Waals surface area contributed by atoms with E-state index in [1.807, 2.05) is 47.0 Å². The highest BCUT2D eigenvalue weighted by molar-refractivity contribution is 5.97. The Kier molecular flexibility index (Phi) is 7.75. The summed E-state index contributed by atoms with van der Waals surface area (Å²) >= 11 is 0. The molecule has 0 saturated heterocycles. The topological polar surface area (TPSA) is 61.4 Å². The molecule has 2 N–H and O–H groups in total. The molecule has 0 aliphatic heterocycles. The Morgan fingerprint density at radius 3 is 2.26 bits per heavy atom. The third-order valence-corrected chi connectivity index (χ3v) is 3.63. The average Bonchev–Trinajstić information content (AvgIpc) is 2.48. The van der Waals surface area contributed by atoms with Crippen LogP contribution in [0.4, 0.5) is 0 Å². The maximum Gasteiger partial charge on any atom is 0.251 e. The summed E-state index contributed by atoms with van der Waals surface area (Å²) < 4.78 is 0. The molecule has 0 fully saturated rings. The van der Waals surface area contributed by atoms with Gasteiger partial charge in [-0.3, -0.25) is 9.59 Å². The van der Waals surface area contributed by atoms with E-state index in [2.05, 4.69) is 15.5 Å². The van der Waals surface area contributed by atoms with Crippen molar-refractivity contribution in [3.8, 4) is 0 Å². The molecule has 0 aliphatic rings. The number of nitrogens with one attached hydrogen (secondary N) is 2. The Hall–Kier alpha value is -1.88. The average molecular weight is 319 g/mol. The van der Waals surface area contributed by atoms with Gasteiger partial charge < -0.3 is 15.5 Å². The molecule has 5 nitrogen and oxygen atoms in total. The number of hydrogen-bond acceptors (Lipinski definition) is 3. The minimum atomic E-state index is -0.525. The van der Waals surface area contributed by atoms with Crippen molar-refractivity contribution >= 4 is 11.8 Å². The van der Waals surface area contributed by atoms with Gasteiger partial charge in [0, 0.05) is 12.1 Å². The summed E-state index contributed by atoms with van der Waals surface area (Å²) in [6.45, 7) is 7.36. The highest BCUT2D eigenvalue weighted by Crippen LogP contribution is 2.07. The standard InChI is InChI=1S/C18H29N3O2/c1-13(2)16(18(23)19-11-6-12-21(4)5)20-17(22)15-9-7-14(3)8-10-15/h7-10,13,16H,6,11-12H2,1-5H3,(H,19,23)(H,20,22). The summed E-state index contributed by atoms with van der Waals surface area (Å²) in [6.07, 6.45) is 0.884. The van der Waals surface area contributed by atoms with Crippen LogP contribution in [-0.2, 0) is 4.79 Å². The minimum Gasteiger partial charge on any atom is -0.354 e. The van der Waals surface area contributed by atoms with Crippen LogP contribution in [-0.4, -0.2) is 49.9 Å². The van der Waals surface area contributed by atoms with Gasteiger partial charge in [0.2, 0.25) is 5.91 Å². The van der Waals surface area contributed by atoms with Gasteiger partial charge in [0.15, 0.2) is 0 Å². The van der Waals surface area contributed by atoms with Crippen molar-refractivity contribution in [3.05, 3.63) is 35.4 Å². The number of amides is 2. The number of benzene rings is 1. The van der Waals surface area contributed by atoms with Crippen molar-refractivity contribution < 1.29 is 9.59 Å². The van der Waals surface area contributed by atoms with Crippen molar-refractivity contribution in [1.82, 2.24) is 15.5 Å². The summed E-state index contributed by atoms with van der Waals surface area (Å²) in [6, 6.07) is 6.80. The van der Waals surface area contributed by atoms with E-state index in [4.69, 9.17) is 0 Å². The molecule has 2 amide bonds. The summed E-state index contributed by atoms with van der Waals surface area (Å²) in [7, 11) is 4.00. The lowest BCUT2D eigenvalue weighted by Gasteiger charge is -2.22.